The first kappa shape index (κ1) is 23.2. The number of carbonyl (C=O) groups excluding carboxylic acids is 2. The summed E-state index contributed by atoms with van der Waals surface area (Å²) in [5.74, 6) is -0.243. The van der Waals surface area contributed by atoms with Gasteiger partial charge in [0.05, 0.1) is 6.54 Å². The molecule has 7 heteroatoms. The highest BCUT2D eigenvalue weighted by Crippen LogP contribution is 2.15. The second-order valence-electron chi connectivity index (χ2n) is 7.75. The van der Waals surface area contributed by atoms with Crippen molar-refractivity contribution in [3.63, 3.8) is 0 Å². The van der Waals surface area contributed by atoms with Crippen LogP contribution in [0, 0.1) is 5.82 Å². The summed E-state index contributed by atoms with van der Waals surface area (Å²) in [5, 5.41) is 6.58. The number of aromatic nitrogens is 1. The summed E-state index contributed by atoms with van der Waals surface area (Å²) in [4.78, 5) is 27.0. The molecule has 1 N–H and O–H groups in total. The van der Waals surface area contributed by atoms with Crippen molar-refractivity contribution in [2.75, 3.05) is 0 Å². The van der Waals surface area contributed by atoms with Crippen LogP contribution in [-0.2, 0) is 24.3 Å². The number of hydrogen-bond acceptors (Lipinski definition) is 4. The number of nitrogens with zero attached hydrogens (tertiary/aromatic N) is 2. The monoisotopic (exact) mass is 437 g/mol. The van der Waals surface area contributed by atoms with Gasteiger partial charge in [-0.25, -0.2) is 4.39 Å². The van der Waals surface area contributed by atoms with Crippen molar-refractivity contribution in [1.82, 2.24) is 15.4 Å². The van der Waals surface area contributed by atoms with Gasteiger partial charge in [-0.3, -0.25) is 9.59 Å². The van der Waals surface area contributed by atoms with E-state index in [0.717, 1.165) is 17.5 Å². The van der Waals surface area contributed by atoms with E-state index in [1.54, 1.807) is 23.1 Å². The molecule has 2 amide bonds. The van der Waals surface area contributed by atoms with E-state index < -0.39 is 5.91 Å². The van der Waals surface area contributed by atoms with Gasteiger partial charge >= 0.3 is 0 Å². The minimum absolute atomic E-state index is 0.0270. The summed E-state index contributed by atoms with van der Waals surface area (Å²) >= 11 is 0. The summed E-state index contributed by atoms with van der Waals surface area (Å²) in [6.45, 7) is 4.52. The molecule has 1 atom stereocenters. The van der Waals surface area contributed by atoms with Gasteiger partial charge in [-0.05, 0) is 43.0 Å². The lowest BCUT2D eigenvalue weighted by Gasteiger charge is -2.27. The average molecular weight is 438 g/mol. The number of rotatable bonds is 10. The van der Waals surface area contributed by atoms with Crippen molar-refractivity contribution in [1.29, 1.82) is 0 Å². The molecule has 0 saturated heterocycles. The Bertz CT molecular complexity index is 1020. The molecule has 0 bridgehead atoms. The van der Waals surface area contributed by atoms with Crippen LogP contribution in [0.2, 0.25) is 0 Å². The van der Waals surface area contributed by atoms with Gasteiger partial charge in [0.15, 0.2) is 11.5 Å². The molecule has 0 fully saturated rings. The summed E-state index contributed by atoms with van der Waals surface area (Å²) < 4.78 is 18.3. The first-order valence-corrected chi connectivity index (χ1v) is 10.8. The van der Waals surface area contributed by atoms with Crippen molar-refractivity contribution in [3.05, 3.63) is 89.1 Å². The van der Waals surface area contributed by atoms with Gasteiger partial charge in [0.1, 0.15) is 5.82 Å². The van der Waals surface area contributed by atoms with Gasteiger partial charge in [-0.2, -0.15) is 0 Å². The second kappa shape index (κ2) is 11.2. The number of benzene rings is 2. The number of halogens is 1. The summed E-state index contributed by atoms with van der Waals surface area (Å²) in [6.07, 6.45) is 1.86. The molecule has 6 nitrogen and oxygen atoms in total. The molecule has 168 valence electrons. The van der Waals surface area contributed by atoms with E-state index in [9.17, 15) is 14.0 Å². The lowest BCUT2D eigenvalue weighted by Crippen LogP contribution is -2.37. The van der Waals surface area contributed by atoms with Crippen LogP contribution in [0.15, 0.2) is 65.2 Å². The summed E-state index contributed by atoms with van der Waals surface area (Å²) in [6, 6.07) is 17.4. The summed E-state index contributed by atoms with van der Waals surface area (Å²) in [5.41, 5.74) is 2.03. The van der Waals surface area contributed by atoms with Crippen molar-refractivity contribution in [2.24, 2.45) is 0 Å². The van der Waals surface area contributed by atoms with Crippen LogP contribution in [-0.4, -0.2) is 27.9 Å². The van der Waals surface area contributed by atoms with Gasteiger partial charge < -0.3 is 14.7 Å². The van der Waals surface area contributed by atoms with Gasteiger partial charge in [-0.1, -0.05) is 54.5 Å². The highest BCUT2D eigenvalue weighted by Gasteiger charge is 2.22. The SMILES string of the molecule is CCC(C)N(Cc1cc(C(=O)NCc2ccc(F)cc2)no1)C(=O)CCc1ccccc1. The van der Waals surface area contributed by atoms with E-state index in [1.807, 2.05) is 44.2 Å². The molecule has 2 aromatic carbocycles. The predicted molar refractivity (Wildman–Crippen MR) is 119 cm³/mol. The largest absolute Gasteiger partial charge is 0.359 e. The van der Waals surface area contributed by atoms with E-state index in [-0.39, 0.29) is 36.5 Å². The summed E-state index contributed by atoms with van der Waals surface area (Å²) in [7, 11) is 0. The third-order valence-electron chi connectivity index (χ3n) is 5.40. The van der Waals surface area contributed by atoms with Crippen molar-refractivity contribution in [3.8, 4) is 0 Å². The Balaban J connectivity index is 1.58. The molecule has 1 heterocycles. The topological polar surface area (TPSA) is 75.4 Å². The normalized spacial score (nSPS) is 11.7. The first-order valence-electron chi connectivity index (χ1n) is 10.8. The molecule has 0 aliphatic rings. The predicted octanol–water partition coefficient (Wildman–Crippen LogP) is 4.50. The van der Waals surface area contributed by atoms with Crippen LogP contribution in [0.5, 0.6) is 0 Å². The molecule has 3 aromatic rings. The van der Waals surface area contributed by atoms with E-state index in [2.05, 4.69) is 10.5 Å². The van der Waals surface area contributed by atoms with Crippen LogP contribution in [0.3, 0.4) is 0 Å². The maximum absolute atomic E-state index is 13.0. The molecule has 3 rings (SSSR count). The number of hydrogen-bond donors (Lipinski definition) is 1. The van der Waals surface area contributed by atoms with Crippen LogP contribution < -0.4 is 5.32 Å². The Labute approximate surface area is 187 Å². The Morgan fingerprint density at radius 3 is 2.50 bits per heavy atom. The fourth-order valence-corrected chi connectivity index (χ4v) is 3.29. The second-order valence-corrected chi connectivity index (χ2v) is 7.75. The molecule has 0 spiro atoms. The van der Waals surface area contributed by atoms with Gasteiger partial charge in [-0.15, -0.1) is 0 Å². The fraction of sp³-hybridized carbons (Fsp3) is 0.320. The zero-order valence-electron chi connectivity index (χ0n) is 18.4. The average Bonchev–Trinajstić information content (AvgIpc) is 3.29. The van der Waals surface area contributed by atoms with E-state index in [4.69, 9.17) is 4.52 Å². The lowest BCUT2D eigenvalue weighted by molar-refractivity contribution is -0.134. The quantitative estimate of drug-likeness (QED) is 0.507. The minimum Gasteiger partial charge on any atom is -0.359 e. The van der Waals surface area contributed by atoms with Crippen LogP contribution in [0.1, 0.15) is 54.1 Å². The molecule has 1 aromatic heterocycles. The van der Waals surface area contributed by atoms with Crippen molar-refractivity contribution in [2.45, 2.75) is 52.2 Å². The number of aryl methyl sites for hydroxylation is 1. The molecule has 0 aliphatic heterocycles. The minimum atomic E-state index is -0.394. The third-order valence-corrected chi connectivity index (χ3v) is 5.40. The lowest BCUT2D eigenvalue weighted by atomic mass is 10.1. The Hall–Kier alpha value is -3.48. The maximum Gasteiger partial charge on any atom is 0.273 e. The zero-order chi connectivity index (χ0) is 22.9. The van der Waals surface area contributed by atoms with Crippen molar-refractivity contribution < 1.29 is 18.5 Å². The number of carbonyl (C=O) groups is 2. The molecule has 0 radical (unpaired) electrons. The molecule has 0 saturated carbocycles. The molecular weight excluding hydrogens is 409 g/mol. The standard InChI is InChI=1S/C25H28FN3O3/c1-3-18(2)29(24(30)14-11-19-7-5-4-6-8-19)17-22-15-23(28-32-22)25(31)27-16-20-9-12-21(26)13-10-20/h4-10,12-13,15,18H,3,11,14,16-17H2,1-2H3,(H,27,31). The van der Waals surface area contributed by atoms with Gasteiger partial charge in [0.25, 0.3) is 5.91 Å². The van der Waals surface area contributed by atoms with E-state index in [1.165, 1.54) is 12.1 Å². The number of nitrogens with one attached hydrogen (secondary N) is 1. The zero-order valence-corrected chi connectivity index (χ0v) is 18.4. The Kier molecular flexibility index (Phi) is 8.14. The van der Waals surface area contributed by atoms with E-state index in [0.29, 0.717) is 18.6 Å². The van der Waals surface area contributed by atoms with Gasteiger partial charge in [0.2, 0.25) is 5.91 Å². The van der Waals surface area contributed by atoms with Gasteiger partial charge in [0, 0.05) is 25.1 Å². The van der Waals surface area contributed by atoms with Crippen molar-refractivity contribution >= 4 is 11.8 Å². The molecular formula is C25H28FN3O3. The first-order chi connectivity index (χ1) is 15.5. The highest BCUT2D eigenvalue weighted by atomic mass is 19.1. The molecule has 0 aliphatic carbocycles. The van der Waals surface area contributed by atoms with Crippen LogP contribution >= 0.6 is 0 Å². The van der Waals surface area contributed by atoms with Crippen LogP contribution in [0.4, 0.5) is 4.39 Å². The number of amides is 2. The molecule has 1 unspecified atom stereocenters. The third kappa shape index (κ3) is 6.51. The van der Waals surface area contributed by atoms with Crippen LogP contribution in [0.25, 0.3) is 0 Å². The van der Waals surface area contributed by atoms with E-state index >= 15 is 0 Å². The Morgan fingerprint density at radius 2 is 1.81 bits per heavy atom. The maximum atomic E-state index is 13.0. The fourth-order valence-electron chi connectivity index (χ4n) is 3.29. The highest BCUT2D eigenvalue weighted by molar-refractivity contribution is 5.92. The molecule has 32 heavy (non-hydrogen) atoms. The Morgan fingerprint density at radius 1 is 1.09 bits per heavy atom. The smallest absolute Gasteiger partial charge is 0.273 e.